The number of para-hydroxylation sites is 1. The lowest BCUT2D eigenvalue weighted by molar-refractivity contribution is -0.0412. The predicted octanol–water partition coefficient (Wildman–Crippen LogP) is 2.98. The van der Waals surface area contributed by atoms with Crippen molar-refractivity contribution < 1.29 is 9.47 Å². The van der Waals surface area contributed by atoms with Crippen molar-refractivity contribution in [3.8, 4) is 0 Å². The molecule has 0 radical (unpaired) electrons. The molecule has 1 unspecified atom stereocenters. The van der Waals surface area contributed by atoms with Crippen LogP contribution in [0.2, 0.25) is 0 Å². The number of ether oxygens (including phenoxy) is 2. The van der Waals surface area contributed by atoms with Gasteiger partial charge < -0.3 is 14.0 Å². The van der Waals surface area contributed by atoms with Crippen LogP contribution in [0.1, 0.15) is 25.7 Å². The molecule has 118 valence electrons. The van der Waals surface area contributed by atoms with E-state index in [0.29, 0.717) is 6.61 Å². The fraction of sp³-hybridized carbons (Fsp3) is 0.500. The smallest absolute Gasteiger partial charge is 0.189 e. The van der Waals surface area contributed by atoms with E-state index in [9.17, 15) is 4.79 Å². The van der Waals surface area contributed by atoms with Gasteiger partial charge in [-0.3, -0.25) is 4.79 Å². The molecule has 1 saturated heterocycles. The average Bonchev–Trinajstić information content (AvgIpc) is 2.58. The number of hydrogen-bond donors (Lipinski definition) is 0. The van der Waals surface area contributed by atoms with Crippen LogP contribution in [-0.2, 0) is 16.0 Å². The van der Waals surface area contributed by atoms with E-state index in [1.54, 1.807) is 6.07 Å². The largest absolute Gasteiger partial charge is 0.379 e. The summed E-state index contributed by atoms with van der Waals surface area (Å²) in [4.78, 5) is 11.8. The molecular formula is C18H23NO3. The molecule has 22 heavy (non-hydrogen) atoms. The fourth-order valence-corrected chi connectivity index (χ4v) is 2.95. The lowest BCUT2D eigenvalue weighted by Crippen LogP contribution is -2.24. The van der Waals surface area contributed by atoms with E-state index >= 15 is 0 Å². The van der Waals surface area contributed by atoms with Gasteiger partial charge in [0.05, 0.1) is 18.2 Å². The molecule has 3 rings (SSSR count). The van der Waals surface area contributed by atoms with Gasteiger partial charge in [-0.1, -0.05) is 12.1 Å². The predicted molar refractivity (Wildman–Crippen MR) is 87.2 cm³/mol. The molecule has 0 spiro atoms. The summed E-state index contributed by atoms with van der Waals surface area (Å²) >= 11 is 0. The van der Waals surface area contributed by atoms with E-state index in [-0.39, 0.29) is 11.5 Å². The van der Waals surface area contributed by atoms with Crippen LogP contribution in [0.15, 0.2) is 41.3 Å². The highest BCUT2D eigenvalue weighted by Crippen LogP contribution is 2.13. The lowest BCUT2D eigenvalue weighted by atomic mass is 10.1. The summed E-state index contributed by atoms with van der Waals surface area (Å²) in [5, 5.41) is 0.779. The van der Waals surface area contributed by atoms with Crippen LogP contribution < -0.4 is 5.43 Å². The number of nitrogens with zero attached hydrogens (tertiary/aromatic N) is 1. The number of rotatable bonds is 6. The summed E-state index contributed by atoms with van der Waals surface area (Å²) in [6.45, 7) is 3.15. The van der Waals surface area contributed by atoms with Crippen molar-refractivity contribution in [3.63, 3.8) is 0 Å². The van der Waals surface area contributed by atoms with E-state index in [4.69, 9.17) is 9.47 Å². The van der Waals surface area contributed by atoms with Crippen molar-refractivity contribution in [1.82, 2.24) is 4.57 Å². The summed E-state index contributed by atoms with van der Waals surface area (Å²) in [6, 6.07) is 9.38. The van der Waals surface area contributed by atoms with Crippen LogP contribution in [0.3, 0.4) is 0 Å². The van der Waals surface area contributed by atoms with Crippen molar-refractivity contribution in [2.75, 3.05) is 19.8 Å². The highest BCUT2D eigenvalue weighted by molar-refractivity contribution is 5.78. The van der Waals surface area contributed by atoms with Crippen molar-refractivity contribution in [3.05, 3.63) is 46.8 Å². The molecule has 1 atom stereocenters. The van der Waals surface area contributed by atoms with Crippen LogP contribution in [0.4, 0.5) is 0 Å². The Morgan fingerprint density at radius 3 is 3.00 bits per heavy atom. The molecule has 2 heterocycles. The minimum absolute atomic E-state index is 0.0811. The van der Waals surface area contributed by atoms with Gasteiger partial charge in [-0.2, -0.15) is 0 Å². The first-order chi connectivity index (χ1) is 10.8. The van der Waals surface area contributed by atoms with Gasteiger partial charge in [0.15, 0.2) is 5.43 Å². The van der Waals surface area contributed by atoms with Gasteiger partial charge in [-0.05, 0) is 37.8 Å². The summed E-state index contributed by atoms with van der Waals surface area (Å²) in [5.74, 6) is 0. The zero-order chi connectivity index (χ0) is 15.2. The number of pyridine rings is 1. The quantitative estimate of drug-likeness (QED) is 0.770. The molecule has 0 aliphatic carbocycles. The van der Waals surface area contributed by atoms with Gasteiger partial charge >= 0.3 is 0 Å². The number of benzene rings is 1. The zero-order valence-electron chi connectivity index (χ0n) is 12.9. The summed E-state index contributed by atoms with van der Waals surface area (Å²) in [7, 11) is 0. The van der Waals surface area contributed by atoms with E-state index < -0.39 is 0 Å². The molecule has 1 aromatic heterocycles. The van der Waals surface area contributed by atoms with E-state index in [1.807, 2.05) is 30.5 Å². The zero-order valence-corrected chi connectivity index (χ0v) is 12.9. The normalized spacial score (nSPS) is 18.6. The first-order valence-electron chi connectivity index (χ1n) is 8.12. The standard InChI is InChI=1S/C18H23NO3/c20-18-9-11-19(17-8-2-1-7-16(17)18)10-5-12-21-14-15-6-3-4-13-22-15/h1-2,7-9,11,15H,3-6,10,12-14H2. The highest BCUT2D eigenvalue weighted by Gasteiger charge is 2.13. The Balaban J connectivity index is 1.49. The number of fused-ring (bicyclic) bond motifs is 1. The molecule has 0 N–H and O–H groups in total. The minimum Gasteiger partial charge on any atom is -0.379 e. The van der Waals surface area contributed by atoms with Crippen molar-refractivity contribution >= 4 is 10.9 Å². The molecule has 2 aromatic rings. The summed E-state index contributed by atoms with van der Waals surface area (Å²) in [5.41, 5.74) is 1.07. The average molecular weight is 301 g/mol. The summed E-state index contributed by atoms with van der Waals surface area (Å²) < 4.78 is 13.5. The Bertz CT molecular complexity index is 659. The fourth-order valence-electron chi connectivity index (χ4n) is 2.95. The van der Waals surface area contributed by atoms with Gasteiger partial charge in [0.2, 0.25) is 0 Å². The maximum Gasteiger partial charge on any atom is 0.189 e. The van der Waals surface area contributed by atoms with Crippen molar-refractivity contribution in [2.24, 2.45) is 0 Å². The minimum atomic E-state index is 0.0811. The maximum atomic E-state index is 11.8. The van der Waals surface area contributed by atoms with E-state index in [0.717, 1.165) is 43.5 Å². The van der Waals surface area contributed by atoms with Gasteiger partial charge in [-0.15, -0.1) is 0 Å². The maximum absolute atomic E-state index is 11.8. The van der Waals surface area contributed by atoms with E-state index in [2.05, 4.69) is 4.57 Å². The Morgan fingerprint density at radius 2 is 2.14 bits per heavy atom. The van der Waals surface area contributed by atoms with E-state index in [1.165, 1.54) is 12.8 Å². The second-order valence-electron chi connectivity index (χ2n) is 5.81. The molecule has 1 aliphatic rings. The third-order valence-electron chi connectivity index (χ3n) is 4.15. The lowest BCUT2D eigenvalue weighted by Gasteiger charge is -2.22. The molecule has 4 heteroatoms. The molecule has 0 bridgehead atoms. The molecule has 4 nitrogen and oxygen atoms in total. The van der Waals surface area contributed by atoms with Crippen LogP contribution in [-0.4, -0.2) is 30.5 Å². The van der Waals surface area contributed by atoms with Crippen LogP contribution >= 0.6 is 0 Å². The van der Waals surface area contributed by atoms with Crippen LogP contribution in [0.25, 0.3) is 10.9 Å². The van der Waals surface area contributed by atoms with Gasteiger partial charge in [0, 0.05) is 37.4 Å². The Kier molecular flexibility index (Phi) is 5.24. The molecule has 0 saturated carbocycles. The number of hydrogen-bond acceptors (Lipinski definition) is 3. The number of aromatic nitrogens is 1. The molecular weight excluding hydrogens is 278 g/mol. The molecule has 1 aliphatic heterocycles. The Hall–Kier alpha value is -1.65. The SMILES string of the molecule is O=c1ccn(CCCOCC2CCCCO2)c2ccccc12. The number of aryl methyl sites for hydroxylation is 1. The molecule has 1 aromatic carbocycles. The highest BCUT2D eigenvalue weighted by atomic mass is 16.5. The first-order valence-corrected chi connectivity index (χ1v) is 8.12. The first kappa shape index (κ1) is 15.3. The Labute approximate surface area is 130 Å². The second kappa shape index (κ2) is 7.56. The van der Waals surface area contributed by atoms with Crippen molar-refractivity contribution in [2.45, 2.75) is 38.3 Å². The Morgan fingerprint density at radius 1 is 1.23 bits per heavy atom. The topological polar surface area (TPSA) is 40.5 Å². The van der Waals surface area contributed by atoms with Gasteiger partial charge in [0.1, 0.15) is 0 Å². The second-order valence-corrected chi connectivity index (χ2v) is 5.81. The van der Waals surface area contributed by atoms with Gasteiger partial charge in [0.25, 0.3) is 0 Å². The van der Waals surface area contributed by atoms with Gasteiger partial charge in [-0.25, -0.2) is 0 Å². The third-order valence-corrected chi connectivity index (χ3v) is 4.15. The molecule has 1 fully saturated rings. The van der Waals surface area contributed by atoms with Crippen LogP contribution in [0.5, 0.6) is 0 Å². The molecule has 0 amide bonds. The van der Waals surface area contributed by atoms with Crippen LogP contribution in [0, 0.1) is 0 Å². The summed E-state index contributed by atoms with van der Waals surface area (Å²) in [6.07, 6.45) is 6.62. The monoisotopic (exact) mass is 301 g/mol. The van der Waals surface area contributed by atoms with Crippen molar-refractivity contribution in [1.29, 1.82) is 0 Å². The third kappa shape index (κ3) is 3.76.